The van der Waals surface area contributed by atoms with E-state index in [4.69, 9.17) is 4.74 Å². The van der Waals surface area contributed by atoms with Crippen molar-refractivity contribution in [3.63, 3.8) is 0 Å². The Morgan fingerprint density at radius 2 is 1.92 bits per heavy atom. The Labute approximate surface area is 161 Å². The van der Waals surface area contributed by atoms with Gasteiger partial charge in [-0.1, -0.05) is 30.3 Å². The lowest BCUT2D eigenvalue weighted by molar-refractivity contribution is 0.0388. The normalized spacial score (nSPS) is 18.4. The van der Waals surface area contributed by atoms with Crippen LogP contribution in [0.15, 0.2) is 35.3 Å². The quantitative estimate of drug-likeness (QED) is 0.345. The number of ether oxygens (including phenoxy) is 1. The van der Waals surface area contributed by atoms with Gasteiger partial charge in [0.25, 0.3) is 0 Å². The fraction of sp³-hybridized carbons (Fsp3) is 0.588. The summed E-state index contributed by atoms with van der Waals surface area (Å²) in [6, 6.07) is 9.66. The summed E-state index contributed by atoms with van der Waals surface area (Å²) in [5.74, 6) is 0.703. The van der Waals surface area contributed by atoms with Gasteiger partial charge in [-0.05, 0) is 12.5 Å². The molecule has 1 unspecified atom stereocenters. The molecule has 1 fully saturated rings. The minimum atomic E-state index is -0.941. The third kappa shape index (κ3) is 6.92. The van der Waals surface area contributed by atoms with Crippen molar-refractivity contribution in [3.8, 4) is 0 Å². The number of nitrogens with one attached hydrogen (secondary N) is 2. The minimum absolute atomic E-state index is 0. The molecule has 1 aliphatic heterocycles. The van der Waals surface area contributed by atoms with Crippen LogP contribution in [0.5, 0.6) is 0 Å². The van der Waals surface area contributed by atoms with Crippen LogP contribution in [0.1, 0.15) is 12.5 Å². The van der Waals surface area contributed by atoms with E-state index in [-0.39, 0.29) is 24.0 Å². The van der Waals surface area contributed by atoms with Crippen molar-refractivity contribution in [1.82, 2.24) is 15.5 Å². The van der Waals surface area contributed by atoms with E-state index in [0.29, 0.717) is 12.5 Å². The molecule has 3 N–H and O–H groups in total. The monoisotopic (exact) mass is 448 g/mol. The maximum Gasteiger partial charge on any atom is 0.191 e. The van der Waals surface area contributed by atoms with Crippen LogP contribution in [0.4, 0.5) is 0 Å². The van der Waals surface area contributed by atoms with Crippen LogP contribution in [-0.4, -0.2) is 69.0 Å². The van der Waals surface area contributed by atoms with Gasteiger partial charge in [0.2, 0.25) is 0 Å². The van der Waals surface area contributed by atoms with Gasteiger partial charge in [0.1, 0.15) is 5.60 Å². The zero-order valence-electron chi connectivity index (χ0n) is 14.5. The molecule has 0 aromatic heterocycles. The van der Waals surface area contributed by atoms with Crippen LogP contribution < -0.4 is 10.6 Å². The predicted molar refractivity (Wildman–Crippen MR) is 108 cm³/mol. The molecule has 6 nitrogen and oxygen atoms in total. The van der Waals surface area contributed by atoms with Crippen molar-refractivity contribution in [2.45, 2.75) is 12.5 Å². The molecule has 136 valence electrons. The summed E-state index contributed by atoms with van der Waals surface area (Å²) >= 11 is 0. The smallest absolute Gasteiger partial charge is 0.191 e. The first-order valence-electron chi connectivity index (χ1n) is 8.14. The number of nitrogens with zero attached hydrogens (tertiary/aromatic N) is 2. The van der Waals surface area contributed by atoms with Gasteiger partial charge >= 0.3 is 0 Å². The van der Waals surface area contributed by atoms with Crippen molar-refractivity contribution in [1.29, 1.82) is 0 Å². The van der Waals surface area contributed by atoms with E-state index < -0.39 is 5.60 Å². The number of rotatable bonds is 6. The molecular formula is C17H29IN4O2. The molecule has 1 heterocycles. The molecule has 0 bridgehead atoms. The lowest BCUT2D eigenvalue weighted by atomic mass is 9.96. The van der Waals surface area contributed by atoms with Gasteiger partial charge in [-0.2, -0.15) is 0 Å². The third-order valence-corrected chi connectivity index (χ3v) is 4.04. The Morgan fingerprint density at radius 1 is 1.25 bits per heavy atom. The molecule has 7 heteroatoms. The number of aliphatic imine (C=N–C) groups is 1. The Balaban J connectivity index is 0.00000288. The largest absolute Gasteiger partial charge is 0.384 e. The molecule has 0 saturated carbocycles. The van der Waals surface area contributed by atoms with Gasteiger partial charge < -0.3 is 20.5 Å². The molecule has 0 spiro atoms. The molecule has 1 aromatic carbocycles. The van der Waals surface area contributed by atoms with Crippen LogP contribution in [0, 0.1) is 0 Å². The second-order valence-electron chi connectivity index (χ2n) is 5.95. The van der Waals surface area contributed by atoms with Crippen molar-refractivity contribution >= 4 is 29.9 Å². The molecule has 0 aliphatic carbocycles. The fourth-order valence-electron chi connectivity index (χ4n) is 2.53. The van der Waals surface area contributed by atoms with E-state index in [1.165, 1.54) is 0 Å². The first-order chi connectivity index (χ1) is 11.1. The fourth-order valence-corrected chi connectivity index (χ4v) is 2.53. The van der Waals surface area contributed by atoms with E-state index in [1.54, 1.807) is 14.0 Å². The van der Waals surface area contributed by atoms with Crippen molar-refractivity contribution in [2.75, 3.05) is 53.0 Å². The summed E-state index contributed by atoms with van der Waals surface area (Å²) in [6.07, 6.45) is 0. The third-order valence-electron chi connectivity index (χ3n) is 4.04. The van der Waals surface area contributed by atoms with Gasteiger partial charge in [0.15, 0.2) is 5.96 Å². The van der Waals surface area contributed by atoms with E-state index in [2.05, 4.69) is 20.5 Å². The average Bonchev–Trinajstić information content (AvgIpc) is 2.59. The Bertz CT molecular complexity index is 491. The van der Waals surface area contributed by atoms with Gasteiger partial charge in [-0.15, -0.1) is 24.0 Å². The first kappa shape index (κ1) is 21.1. The molecular weight excluding hydrogens is 419 g/mol. The molecule has 1 saturated heterocycles. The Hall–Kier alpha value is -0.900. The molecule has 0 radical (unpaired) electrons. The van der Waals surface area contributed by atoms with E-state index in [9.17, 15) is 5.11 Å². The lowest BCUT2D eigenvalue weighted by Gasteiger charge is -2.27. The summed E-state index contributed by atoms with van der Waals surface area (Å²) in [7, 11) is 1.74. The molecule has 24 heavy (non-hydrogen) atoms. The number of guanidine groups is 1. The van der Waals surface area contributed by atoms with Crippen molar-refractivity contribution < 1.29 is 9.84 Å². The predicted octanol–water partition coefficient (Wildman–Crippen LogP) is 1.01. The molecule has 1 aromatic rings. The zero-order valence-corrected chi connectivity index (χ0v) is 16.8. The highest BCUT2D eigenvalue weighted by Gasteiger charge is 2.22. The highest BCUT2D eigenvalue weighted by molar-refractivity contribution is 14.0. The second kappa shape index (κ2) is 10.9. The highest BCUT2D eigenvalue weighted by atomic mass is 127. The average molecular weight is 448 g/mol. The second-order valence-corrected chi connectivity index (χ2v) is 5.95. The maximum atomic E-state index is 10.6. The van der Waals surface area contributed by atoms with Crippen molar-refractivity contribution in [3.05, 3.63) is 35.9 Å². The van der Waals surface area contributed by atoms with E-state index in [1.807, 2.05) is 30.3 Å². The number of hydrogen-bond acceptors (Lipinski definition) is 4. The molecule has 1 aliphatic rings. The molecule has 0 amide bonds. The number of halogens is 1. The number of benzene rings is 1. The SMILES string of the molecule is CN=C(NCCN1CCOCC1)NCC(C)(O)c1ccccc1.I. The number of hydrogen-bond donors (Lipinski definition) is 3. The van der Waals surface area contributed by atoms with Crippen LogP contribution in [0.2, 0.25) is 0 Å². The number of aliphatic hydroxyl groups is 1. The topological polar surface area (TPSA) is 69.1 Å². The van der Waals surface area contributed by atoms with Gasteiger partial charge in [-0.25, -0.2) is 0 Å². The summed E-state index contributed by atoms with van der Waals surface area (Å²) < 4.78 is 5.34. The van der Waals surface area contributed by atoms with E-state index in [0.717, 1.165) is 45.0 Å². The molecule has 2 rings (SSSR count). The van der Waals surface area contributed by atoms with Crippen LogP contribution in [0.25, 0.3) is 0 Å². The van der Waals surface area contributed by atoms with Crippen LogP contribution >= 0.6 is 24.0 Å². The first-order valence-corrected chi connectivity index (χ1v) is 8.14. The van der Waals surface area contributed by atoms with Gasteiger partial charge in [0.05, 0.1) is 19.8 Å². The van der Waals surface area contributed by atoms with E-state index >= 15 is 0 Å². The summed E-state index contributed by atoms with van der Waals surface area (Å²) in [4.78, 5) is 6.57. The Morgan fingerprint density at radius 3 is 2.54 bits per heavy atom. The summed E-state index contributed by atoms with van der Waals surface area (Å²) in [5, 5.41) is 17.1. The highest BCUT2D eigenvalue weighted by Crippen LogP contribution is 2.18. The Kier molecular flexibility index (Phi) is 9.57. The lowest BCUT2D eigenvalue weighted by Crippen LogP contribution is -2.47. The summed E-state index contributed by atoms with van der Waals surface area (Å²) in [5.41, 5.74) is -0.0559. The van der Waals surface area contributed by atoms with Crippen LogP contribution in [0.3, 0.4) is 0 Å². The maximum absolute atomic E-state index is 10.6. The minimum Gasteiger partial charge on any atom is -0.384 e. The van der Waals surface area contributed by atoms with Gasteiger partial charge in [-0.3, -0.25) is 9.89 Å². The van der Waals surface area contributed by atoms with Gasteiger partial charge in [0, 0.05) is 33.2 Å². The zero-order chi connectivity index (χ0) is 16.5. The molecule has 1 atom stereocenters. The van der Waals surface area contributed by atoms with Crippen molar-refractivity contribution in [2.24, 2.45) is 4.99 Å². The van der Waals surface area contributed by atoms with Crippen LogP contribution in [-0.2, 0) is 10.3 Å². The summed E-state index contributed by atoms with van der Waals surface area (Å²) in [6.45, 7) is 7.56. The standard InChI is InChI=1S/C17H28N4O2.HI/c1-17(22,15-6-4-3-5-7-15)14-20-16(18-2)19-8-9-21-10-12-23-13-11-21;/h3-7,22H,8-14H2,1-2H3,(H2,18,19,20);1H. The number of morpholine rings is 1.